The highest BCUT2D eigenvalue weighted by molar-refractivity contribution is 6.36. The molecule has 0 unspecified atom stereocenters. The Bertz CT molecular complexity index is 238. The number of hydrogen-bond donors (Lipinski definition) is 0. The van der Waals surface area contributed by atoms with Crippen molar-refractivity contribution >= 4 is 21.5 Å². The molecule has 0 aromatic heterocycles. The molecule has 6 nitrogen and oxygen atoms in total. The van der Waals surface area contributed by atoms with Gasteiger partial charge in [-0.05, 0) is 20.3 Å². The normalized spacial score (nSPS) is 11.1. The van der Waals surface area contributed by atoms with E-state index in [-0.39, 0.29) is 12.3 Å². The first kappa shape index (κ1) is 17.1. The fraction of sp³-hybridized carbons (Fsp3) is 0.818. The standard InChI is InChI=1S/C11H20O6Si/c1-3-16-11(17-4-2)18-7-5-6-8(9(12)13)10(14)15/h8,11H,3-7H2,1-2H3,(H,12,13)(H,14,15)/p-2. The van der Waals surface area contributed by atoms with Crippen molar-refractivity contribution < 1.29 is 29.3 Å². The van der Waals surface area contributed by atoms with E-state index in [4.69, 9.17) is 9.47 Å². The summed E-state index contributed by atoms with van der Waals surface area (Å²) in [7, 11) is 0.353. The molecule has 0 heterocycles. The van der Waals surface area contributed by atoms with Gasteiger partial charge in [0.2, 0.25) is 0 Å². The Morgan fingerprint density at radius 2 is 1.61 bits per heavy atom. The third-order valence-corrected chi connectivity index (χ3v) is 3.49. The van der Waals surface area contributed by atoms with E-state index in [0.717, 1.165) is 0 Å². The summed E-state index contributed by atoms with van der Waals surface area (Å²) < 4.78 is 10.6. The minimum atomic E-state index is -1.59. The van der Waals surface area contributed by atoms with E-state index in [1.165, 1.54) is 0 Å². The Hall–Kier alpha value is -0.923. The quantitative estimate of drug-likeness (QED) is 0.194. The second-order valence-electron chi connectivity index (χ2n) is 3.53. The smallest absolute Gasteiger partial charge is 0.137 e. The molecule has 0 spiro atoms. The van der Waals surface area contributed by atoms with Crippen LogP contribution < -0.4 is 10.2 Å². The zero-order valence-electron chi connectivity index (χ0n) is 10.6. The molecular formula is C11H18O6Si-2. The van der Waals surface area contributed by atoms with Crippen LogP contribution in [0.15, 0.2) is 0 Å². The minimum Gasteiger partial charge on any atom is -0.549 e. The highest BCUT2D eigenvalue weighted by Gasteiger charge is 2.13. The molecule has 0 saturated carbocycles. The molecular weight excluding hydrogens is 256 g/mol. The van der Waals surface area contributed by atoms with Crippen LogP contribution in [0.5, 0.6) is 0 Å². The topological polar surface area (TPSA) is 98.7 Å². The molecule has 0 aliphatic heterocycles. The van der Waals surface area contributed by atoms with Crippen LogP contribution in [0.25, 0.3) is 0 Å². The summed E-state index contributed by atoms with van der Waals surface area (Å²) in [6.07, 6.45) is 0.477. The number of carboxylic acids is 2. The molecule has 0 N–H and O–H groups in total. The summed E-state index contributed by atoms with van der Waals surface area (Å²) in [5.41, 5.74) is 0. The molecule has 0 aliphatic rings. The van der Waals surface area contributed by atoms with Crippen LogP contribution in [0, 0.1) is 5.92 Å². The Morgan fingerprint density at radius 1 is 1.11 bits per heavy atom. The molecule has 2 radical (unpaired) electrons. The van der Waals surface area contributed by atoms with Gasteiger partial charge in [0, 0.05) is 19.1 Å². The first-order chi connectivity index (χ1) is 8.52. The lowest BCUT2D eigenvalue weighted by molar-refractivity contribution is -0.331. The number of ether oxygens (including phenoxy) is 2. The maximum Gasteiger partial charge on any atom is 0.137 e. The van der Waals surface area contributed by atoms with Crippen LogP contribution in [0.2, 0.25) is 6.04 Å². The van der Waals surface area contributed by atoms with Crippen molar-refractivity contribution in [3.8, 4) is 0 Å². The van der Waals surface area contributed by atoms with Gasteiger partial charge in [0.1, 0.15) is 15.4 Å². The Labute approximate surface area is 109 Å². The lowest BCUT2D eigenvalue weighted by atomic mass is 10.1. The van der Waals surface area contributed by atoms with Crippen LogP contribution >= 0.6 is 0 Å². The zero-order chi connectivity index (χ0) is 14.0. The van der Waals surface area contributed by atoms with E-state index in [9.17, 15) is 19.8 Å². The van der Waals surface area contributed by atoms with Gasteiger partial charge in [-0.25, -0.2) is 0 Å². The molecule has 0 aromatic rings. The summed E-state index contributed by atoms with van der Waals surface area (Å²) >= 11 is 0. The van der Waals surface area contributed by atoms with Crippen LogP contribution in [0.1, 0.15) is 26.7 Å². The van der Waals surface area contributed by atoms with Crippen molar-refractivity contribution in [2.45, 2.75) is 38.6 Å². The van der Waals surface area contributed by atoms with Crippen molar-refractivity contribution in [2.75, 3.05) is 13.2 Å². The van der Waals surface area contributed by atoms with Crippen molar-refractivity contribution in [3.63, 3.8) is 0 Å². The van der Waals surface area contributed by atoms with E-state index in [2.05, 4.69) is 0 Å². The van der Waals surface area contributed by atoms with Gasteiger partial charge in [-0.15, -0.1) is 0 Å². The van der Waals surface area contributed by atoms with E-state index >= 15 is 0 Å². The van der Waals surface area contributed by atoms with Crippen LogP contribution in [0.4, 0.5) is 0 Å². The average molecular weight is 274 g/mol. The number of rotatable bonds is 11. The summed E-state index contributed by atoms with van der Waals surface area (Å²) in [5.74, 6) is -5.01. The van der Waals surface area contributed by atoms with Gasteiger partial charge in [0.25, 0.3) is 0 Å². The Morgan fingerprint density at radius 3 is 2.00 bits per heavy atom. The predicted octanol–water partition coefficient (Wildman–Crippen LogP) is -1.64. The highest BCUT2D eigenvalue weighted by Crippen LogP contribution is 2.09. The third-order valence-electron chi connectivity index (χ3n) is 2.19. The first-order valence-corrected chi connectivity index (χ1v) is 7.19. The first-order valence-electron chi connectivity index (χ1n) is 5.91. The molecule has 104 valence electrons. The van der Waals surface area contributed by atoms with E-state index in [1.54, 1.807) is 0 Å². The number of hydrogen-bond acceptors (Lipinski definition) is 6. The second-order valence-corrected chi connectivity index (χ2v) is 4.91. The molecule has 0 fully saturated rings. The second kappa shape index (κ2) is 10.0. The molecule has 0 rings (SSSR count). The highest BCUT2D eigenvalue weighted by atomic mass is 28.2. The number of carbonyl (C=O) groups excluding carboxylic acids is 2. The molecule has 0 saturated heterocycles. The van der Waals surface area contributed by atoms with Gasteiger partial charge < -0.3 is 29.3 Å². The van der Waals surface area contributed by atoms with E-state index < -0.39 is 17.9 Å². The Balaban J connectivity index is 3.87. The lowest BCUT2D eigenvalue weighted by Gasteiger charge is -2.19. The molecule has 0 amide bonds. The summed E-state index contributed by atoms with van der Waals surface area (Å²) in [4.78, 5) is 21.0. The third kappa shape index (κ3) is 7.41. The largest absolute Gasteiger partial charge is 0.549 e. The molecule has 0 atom stereocenters. The summed E-state index contributed by atoms with van der Waals surface area (Å²) in [6.45, 7) is 4.80. The maximum atomic E-state index is 10.5. The van der Waals surface area contributed by atoms with Gasteiger partial charge >= 0.3 is 0 Å². The van der Waals surface area contributed by atoms with Crippen LogP contribution in [-0.4, -0.2) is 40.6 Å². The van der Waals surface area contributed by atoms with Gasteiger partial charge in [0.15, 0.2) is 0 Å². The fourth-order valence-electron chi connectivity index (χ4n) is 1.33. The summed E-state index contributed by atoms with van der Waals surface area (Å²) in [5, 5.41) is 21.0. The fourth-order valence-corrected chi connectivity index (χ4v) is 2.54. The van der Waals surface area contributed by atoms with Gasteiger partial charge in [0.05, 0.1) is 11.9 Å². The van der Waals surface area contributed by atoms with Crippen LogP contribution in [-0.2, 0) is 19.1 Å². The molecule has 0 aromatic carbocycles. The van der Waals surface area contributed by atoms with Crippen molar-refractivity contribution in [3.05, 3.63) is 0 Å². The van der Waals surface area contributed by atoms with Crippen molar-refractivity contribution in [1.29, 1.82) is 0 Å². The number of carbonyl (C=O) groups is 2. The predicted molar refractivity (Wildman–Crippen MR) is 60.3 cm³/mol. The van der Waals surface area contributed by atoms with E-state index in [0.29, 0.717) is 35.2 Å². The zero-order valence-corrected chi connectivity index (χ0v) is 11.6. The number of carboxylic acid groups (broad SMARTS) is 2. The lowest BCUT2D eigenvalue weighted by Crippen LogP contribution is -2.43. The summed E-state index contributed by atoms with van der Waals surface area (Å²) in [6, 6.07) is 0.654. The molecule has 7 heteroatoms. The minimum absolute atomic E-state index is 0.0165. The van der Waals surface area contributed by atoms with Gasteiger partial charge in [-0.2, -0.15) is 0 Å². The molecule has 0 aliphatic carbocycles. The van der Waals surface area contributed by atoms with Gasteiger partial charge in [-0.1, -0.05) is 12.5 Å². The van der Waals surface area contributed by atoms with Gasteiger partial charge in [-0.3, -0.25) is 0 Å². The van der Waals surface area contributed by atoms with Crippen LogP contribution in [0.3, 0.4) is 0 Å². The van der Waals surface area contributed by atoms with E-state index in [1.807, 2.05) is 13.8 Å². The SMILES string of the molecule is CCOC(OCC)[Si]CCCC(C(=O)[O-])C(=O)[O-]. The van der Waals surface area contributed by atoms with Crippen molar-refractivity contribution in [2.24, 2.45) is 5.92 Å². The van der Waals surface area contributed by atoms with Crippen molar-refractivity contribution in [1.82, 2.24) is 0 Å². The molecule has 0 bridgehead atoms. The maximum absolute atomic E-state index is 10.5. The molecule has 18 heavy (non-hydrogen) atoms. The monoisotopic (exact) mass is 274 g/mol. The number of aliphatic carboxylic acids is 2. The Kier molecular flexibility index (Phi) is 9.53. The average Bonchev–Trinajstić information content (AvgIpc) is 2.28.